The van der Waals surface area contributed by atoms with Crippen LogP contribution in [0.4, 0.5) is 5.82 Å². The highest BCUT2D eigenvalue weighted by atomic mass is 16.3. The van der Waals surface area contributed by atoms with Crippen molar-refractivity contribution < 1.29 is 9.90 Å². The van der Waals surface area contributed by atoms with Crippen LogP contribution in [0.3, 0.4) is 0 Å². The van der Waals surface area contributed by atoms with E-state index in [1.54, 1.807) is 0 Å². The summed E-state index contributed by atoms with van der Waals surface area (Å²) in [5.41, 5.74) is 7.31. The zero-order valence-electron chi connectivity index (χ0n) is 11.6. The second kappa shape index (κ2) is 4.83. The summed E-state index contributed by atoms with van der Waals surface area (Å²) in [4.78, 5) is 12.4. The molecule has 7 heteroatoms. The van der Waals surface area contributed by atoms with E-state index in [1.807, 2.05) is 11.7 Å². The van der Waals surface area contributed by atoms with Crippen LogP contribution in [0.15, 0.2) is 0 Å². The molecule has 1 fully saturated rings. The largest absolute Gasteiger partial charge is 0.393 e. The number of amides is 1. The first-order valence-corrected chi connectivity index (χ1v) is 7.01. The normalized spacial score (nSPS) is 28.6. The summed E-state index contributed by atoms with van der Waals surface area (Å²) in [5.74, 6) is 0.521. The fourth-order valence-corrected chi connectivity index (χ4v) is 3.13. The minimum Gasteiger partial charge on any atom is -0.393 e. The van der Waals surface area contributed by atoms with Gasteiger partial charge >= 0.3 is 0 Å². The first-order chi connectivity index (χ1) is 9.55. The molecule has 0 atom stereocenters. The minimum absolute atomic E-state index is 0.121. The SMILES string of the molecule is Cn1nc(NC(=O)C2(CN)CC(O)C2)c2c1CNCC2. The van der Waals surface area contributed by atoms with Crippen molar-refractivity contribution in [3.05, 3.63) is 11.3 Å². The summed E-state index contributed by atoms with van der Waals surface area (Å²) in [6.45, 7) is 1.92. The summed E-state index contributed by atoms with van der Waals surface area (Å²) in [7, 11) is 1.88. The Hall–Kier alpha value is -1.44. The molecule has 110 valence electrons. The van der Waals surface area contributed by atoms with Crippen molar-refractivity contribution in [2.24, 2.45) is 18.2 Å². The Morgan fingerprint density at radius 2 is 2.40 bits per heavy atom. The predicted molar refractivity (Wildman–Crippen MR) is 74.0 cm³/mol. The van der Waals surface area contributed by atoms with E-state index >= 15 is 0 Å². The van der Waals surface area contributed by atoms with Crippen molar-refractivity contribution >= 4 is 11.7 Å². The summed E-state index contributed by atoms with van der Waals surface area (Å²) in [5, 5.41) is 20.1. The van der Waals surface area contributed by atoms with Crippen molar-refractivity contribution in [3.63, 3.8) is 0 Å². The molecular weight excluding hydrogens is 258 g/mol. The monoisotopic (exact) mass is 279 g/mol. The predicted octanol–water partition coefficient (Wildman–Crippen LogP) is -0.896. The van der Waals surface area contributed by atoms with Crippen LogP contribution in [0, 0.1) is 5.41 Å². The number of nitrogens with two attached hydrogens (primary N) is 1. The molecule has 0 bridgehead atoms. The first-order valence-electron chi connectivity index (χ1n) is 7.01. The molecule has 20 heavy (non-hydrogen) atoms. The molecule has 2 heterocycles. The van der Waals surface area contributed by atoms with Gasteiger partial charge in [0.25, 0.3) is 0 Å². The molecule has 0 radical (unpaired) electrons. The van der Waals surface area contributed by atoms with E-state index in [1.165, 1.54) is 0 Å². The highest BCUT2D eigenvalue weighted by Crippen LogP contribution is 2.41. The van der Waals surface area contributed by atoms with Gasteiger partial charge in [-0.1, -0.05) is 0 Å². The van der Waals surface area contributed by atoms with Crippen LogP contribution in [-0.2, 0) is 24.8 Å². The molecule has 0 spiro atoms. The number of rotatable bonds is 3. The van der Waals surface area contributed by atoms with E-state index in [-0.39, 0.29) is 12.5 Å². The molecule has 2 aliphatic rings. The molecule has 3 rings (SSSR count). The van der Waals surface area contributed by atoms with Gasteiger partial charge < -0.3 is 21.5 Å². The standard InChI is InChI=1S/C13H21N5O2/c1-18-10-6-15-3-2-9(10)11(17-18)16-12(20)13(7-14)4-8(19)5-13/h8,15,19H,2-7,14H2,1H3,(H,16,17,20). The summed E-state index contributed by atoms with van der Waals surface area (Å²) in [6, 6.07) is 0. The lowest BCUT2D eigenvalue weighted by Gasteiger charge is -2.42. The Morgan fingerprint density at radius 1 is 1.65 bits per heavy atom. The van der Waals surface area contributed by atoms with Crippen molar-refractivity contribution in [3.8, 4) is 0 Å². The van der Waals surface area contributed by atoms with E-state index in [0.29, 0.717) is 18.7 Å². The Morgan fingerprint density at radius 3 is 3.05 bits per heavy atom. The molecular formula is C13H21N5O2. The number of carbonyl (C=O) groups excluding carboxylic acids is 1. The van der Waals surface area contributed by atoms with Gasteiger partial charge in [0.2, 0.25) is 5.91 Å². The number of aliphatic hydroxyl groups is 1. The van der Waals surface area contributed by atoms with Gasteiger partial charge in [0.05, 0.1) is 17.2 Å². The molecule has 0 unspecified atom stereocenters. The molecule has 1 amide bonds. The average Bonchev–Trinajstić information content (AvgIpc) is 2.72. The number of hydrogen-bond donors (Lipinski definition) is 4. The van der Waals surface area contributed by atoms with Crippen molar-refractivity contribution in [1.29, 1.82) is 0 Å². The van der Waals surface area contributed by atoms with Gasteiger partial charge in [-0.2, -0.15) is 5.10 Å². The number of hydrogen-bond acceptors (Lipinski definition) is 5. The van der Waals surface area contributed by atoms with Gasteiger partial charge in [-0.3, -0.25) is 9.48 Å². The van der Waals surface area contributed by atoms with Crippen LogP contribution < -0.4 is 16.4 Å². The van der Waals surface area contributed by atoms with Crippen molar-refractivity contribution in [2.75, 3.05) is 18.4 Å². The maximum absolute atomic E-state index is 12.4. The van der Waals surface area contributed by atoms with Crippen LogP contribution in [0.1, 0.15) is 24.1 Å². The van der Waals surface area contributed by atoms with Gasteiger partial charge in [-0.05, 0) is 25.8 Å². The average molecular weight is 279 g/mol. The Labute approximate surface area is 117 Å². The number of aryl methyl sites for hydroxylation is 1. The minimum atomic E-state index is -0.628. The zero-order valence-corrected chi connectivity index (χ0v) is 11.6. The molecule has 1 aliphatic heterocycles. The number of nitrogens with zero attached hydrogens (tertiary/aromatic N) is 2. The van der Waals surface area contributed by atoms with Crippen molar-refractivity contribution in [1.82, 2.24) is 15.1 Å². The third-order valence-electron chi connectivity index (χ3n) is 4.48. The second-order valence-corrected chi connectivity index (χ2v) is 5.82. The van der Waals surface area contributed by atoms with E-state index in [9.17, 15) is 9.90 Å². The number of aromatic nitrogens is 2. The molecule has 0 saturated heterocycles. The highest BCUT2D eigenvalue weighted by Gasteiger charge is 2.48. The number of fused-ring (bicyclic) bond motifs is 1. The van der Waals surface area contributed by atoms with Gasteiger partial charge in [-0.15, -0.1) is 0 Å². The molecule has 1 saturated carbocycles. The number of aliphatic hydroxyl groups excluding tert-OH is 1. The van der Waals surface area contributed by atoms with Crippen LogP contribution in [0.25, 0.3) is 0 Å². The van der Waals surface area contributed by atoms with Gasteiger partial charge in [0.1, 0.15) is 0 Å². The molecule has 1 aliphatic carbocycles. The lowest BCUT2D eigenvalue weighted by atomic mass is 9.66. The lowest BCUT2D eigenvalue weighted by Crippen LogP contribution is -2.54. The van der Waals surface area contributed by atoms with Gasteiger partial charge in [0, 0.05) is 25.7 Å². The fourth-order valence-electron chi connectivity index (χ4n) is 3.13. The maximum Gasteiger partial charge on any atom is 0.233 e. The lowest BCUT2D eigenvalue weighted by molar-refractivity contribution is -0.137. The third kappa shape index (κ3) is 2.02. The van der Waals surface area contributed by atoms with E-state index in [0.717, 1.165) is 30.8 Å². The van der Waals surface area contributed by atoms with Gasteiger partial charge in [0.15, 0.2) is 5.82 Å². The van der Waals surface area contributed by atoms with Crippen LogP contribution in [0.5, 0.6) is 0 Å². The fraction of sp³-hybridized carbons (Fsp3) is 0.692. The first kappa shape index (κ1) is 13.5. The summed E-state index contributed by atoms with van der Waals surface area (Å²) >= 11 is 0. The summed E-state index contributed by atoms with van der Waals surface area (Å²) in [6.07, 6.45) is 1.32. The quantitative estimate of drug-likeness (QED) is 0.574. The molecule has 0 aromatic carbocycles. The topological polar surface area (TPSA) is 105 Å². The highest BCUT2D eigenvalue weighted by molar-refractivity contribution is 5.96. The zero-order chi connectivity index (χ0) is 14.3. The smallest absolute Gasteiger partial charge is 0.233 e. The molecule has 7 nitrogen and oxygen atoms in total. The van der Waals surface area contributed by atoms with Crippen molar-refractivity contribution in [2.45, 2.75) is 31.9 Å². The number of nitrogens with one attached hydrogen (secondary N) is 2. The van der Waals surface area contributed by atoms with Crippen LogP contribution in [0.2, 0.25) is 0 Å². The number of carbonyl (C=O) groups is 1. The Balaban J connectivity index is 1.80. The van der Waals surface area contributed by atoms with Crippen LogP contribution in [-0.4, -0.2) is 40.0 Å². The molecule has 5 N–H and O–H groups in total. The van der Waals surface area contributed by atoms with E-state index in [2.05, 4.69) is 15.7 Å². The summed E-state index contributed by atoms with van der Waals surface area (Å²) < 4.78 is 1.81. The third-order valence-corrected chi connectivity index (χ3v) is 4.48. The van der Waals surface area contributed by atoms with E-state index < -0.39 is 11.5 Å². The van der Waals surface area contributed by atoms with Gasteiger partial charge in [-0.25, -0.2) is 0 Å². The van der Waals surface area contributed by atoms with E-state index in [4.69, 9.17) is 5.73 Å². The molecule has 1 aromatic heterocycles. The second-order valence-electron chi connectivity index (χ2n) is 5.82. The molecule has 1 aromatic rings. The Kier molecular flexibility index (Phi) is 3.27. The maximum atomic E-state index is 12.4. The number of anilines is 1. The van der Waals surface area contributed by atoms with Crippen LogP contribution >= 0.6 is 0 Å². The Bertz CT molecular complexity index is 533.